The summed E-state index contributed by atoms with van der Waals surface area (Å²) in [7, 11) is 0. The van der Waals surface area contributed by atoms with E-state index >= 15 is 0 Å². The number of halogens is 1. The number of likely N-dealkylation sites (tertiary alicyclic amines) is 1. The van der Waals surface area contributed by atoms with Crippen molar-refractivity contribution in [2.75, 3.05) is 13.1 Å². The molecule has 3 nitrogen and oxygen atoms in total. The molecule has 1 amide bonds. The second-order valence-electron chi connectivity index (χ2n) is 5.52. The van der Waals surface area contributed by atoms with E-state index in [1.807, 2.05) is 23.1 Å². The van der Waals surface area contributed by atoms with Gasteiger partial charge in [0.1, 0.15) is 5.92 Å². The molecule has 0 spiro atoms. The number of carbonyl (C=O) groups excluding carboxylic acids is 1. The van der Waals surface area contributed by atoms with Crippen LogP contribution in [0.25, 0.3) is 0 Å². The summed E-state index contributed by atoms with van der Waals surface area (Å²) in [5, 5.41) is 9.92. The second kappa shape index (κ2) is 6.76. The molecule has 1 aliphatic rings. The molecule has 0 N–H and O–H groups in total. The molecule has 4 heteroatoms. The van der Waals surface area contributed by atoms with Gasteiger partial charge in [0.15, 0.2) is 0 Å². The second-order valence-corrected chi connectivity index (χ2v) is 5.96. The molecule has 1 fully saturated rings. The molecule has 0 bridgehead atoms. The third kappa shape index (κ3) is 3.74. The summed E-state index contributed by atoms with van der Waals surface area (Å²) in [6.07, 6.45) is 2.49. The zero-order valence-corrected chi connectivity index (χ0v) is 12.4. The van der Waals surface area contributed by atoms with Crippen molar-refractivity contribution in [3.8, 4) is 6.07 Å². The Morgan fingerprint density at radius 1 is 1.50 bits per heavy atom. The fraction of sp³-hybridized carbons (Fsp3) is 0.500. The molecular formula is C16H19ClN2O. The van der Waals surface area contributed by atoms with E-state index < -0.39 is 5.92 Å². The molecule has 0 aromatic heterocycles. The van der Waals surface area contributed by atoms with E-state index in [0.717, 1.165) is 31.5 Å². The lowest BCUT2D eigenvalue weighted by atomic mass is 9.95. The van der Waals surface area contributed by atoms with Gasteiger partial charge in [-0.25, -0.2) is 0 Å². The molecule has 1 aliphatic heterocycles. The monoisotopic (exact) mass is 290 g/mol. The van der Waals surface area contributed by atoms with Gasteiger partial charge < -0.3 is 4.90 Å². The number of piperidine rings is 1. The summed E-state index contributed by atoms with van der Waals surface area (Å²) in [5.74, 6) is 0.0220. The number of benzene rings is 1. The van der Waals surface area contributed by atoms with E-state index in [1.54, 1.807) is 6.07 Å². The zero-order valence-electron chi connectivity index (χ0n) is 11.7. The third-order valence-corrected chi connectivity index (χ3v) is 4.11. The minimum Gasteiger partial charge on any atom is -0.342 e. The predicted molar refractivity (Wildman–Crippen MR) is 79.2 cm³/mol. The van der Waals surface area contributed by atoms with Crippen molar-refractivity contribution < 1.29 is 4.79 Å². The van der Waals surface area contributed by atoms with E-state index in [9.17, 15) is 10.1 Å². The largest absolute Gasteiger partial charge is 0.342 e. The van der Waals surface area contributed by atoms with Crippen molar-refractivity contribution in [3.63, 3.8) is 0 Å². The first-order valence-electron chi connectivity index (χ1n) is 7.03. The summed E-state index contributed by atoms with van der Waals surface area (Å²) in [5.41, 5.74) is 0.933. The standard InChI is InChI=1S/C16H19ClN2O/c1-12-5-7-19(8-6-12)16(20)14(11-18)9-13-3-2-4-15(17)10-13/h2-4,10,12,14H,5-9H2,1H3. The summed E-state index contributed by atoms with van der Waals surface area (Å²) in [6, 6.07) is 9.50. The highest BCUT2D eigenvalue weighted by atomic mass is 35.5. The first kappa shape index (κ1) is 14.9. The van der Waals surface area contributed by atoms with Gasteiger partial charge in [0.2, 0.25) is 5.91 Å². The summed E-state index contributed by atoms with van der Waals surface area (Å²) in [4.78, 5) is 14.2. The predicted octanol–water partition coefficient (Wildman–Crippen LogP) is 3.28. The van der Waals surface area contributed by atoms with Gasteiger partial charge in [-0.05, 0) is 42.9 Å². The molecule has 1 unspecified atom stereocenters. The summed E-state index contributed by atoms with van der Waals surface area (Å²) in [6.45, 7) is 3.75. The lowest BCUT2D eigenvalue weighted by Crippen LogP contribution is -2.41. The number of nitrogens with zero attached hydrogens (tertiary/aromatic N) is 2. The molecule has 0 saturated carbocycles. The minimum atomic E-state index is -0.609. The Kier molecular flexibility index (Phi) is 5.03. The van der Waals surface area contributed by atoms with Crippen molar-refractivity contribution in [1.82, 2.24) is 4.90 Å². The average molecular weight is 291 g/mol. The minimum absolute atomic E-state index is 0.0422. The molecule has 1 atom stereocenters. The van der Waals surface area contributed by atoms with E-state index in [2.05, 4.69) is 13.0 Å². The number of hydrogen-bond donors (Lipinski definition) is 0. The van der Waals surface area contributed by atoms with E-state index in [1.165, 1.54) is 0 Å². The summed E-state index contributed by atoms with van der Waals surface area (Å²) >= 11 is 5.94. The smallest absolute Gasteiger partial charge is 0.240 e. The maximum Gasteiger partial charge on any atom is 0.240 e. The number of amides is 1. The maximum atomic E-state index is 12.4. The van der Waals surface area contributed by atoms with Crippen LogP contribution in [0.2, 0.25) is 5.02 Å². The van der Waals surface area contributed by atoms with Crippen molar-refractivity contribution in [3.05, 3.63) is 34.9 Å². The topological polar surface area (TPSA) is 44.1 Å². The van der Waals surface area contributed by atoms with Gasteiger partial charge in [0.05, 0.1) is 6.07 Å². The van der Waals surface area contributed by atoms with Gasteiger partial charge in [0.25, 0.3) is 0 Å². The van der Waals surface area contributed by atoms with E-state index in [4.69, 9.17) is 11.6 Å². The fourth-order valence-corrected chi connectivity index (χ4v) is 2.75. The number of nitriles is 1. The lowest BCUT2D eigenvalue weighted by Gasteiger charge is -2.31. The number of rotatable bonds is 3. The highest BCUT2D eigenvalue weighted by Gasteiger charge is 2.27. The van der Waals surface area contributed by atoms with Crippen LogP contribution < -0.4 is 0 Å². The van der Waals surface area contributed by atoms with Crippen LogP contribution in [0.5, 0.6) is 0 Å². The van der Waals surface area contributed by atoms with Gasteiger partial charge in [-0.15, -0.1) is 0 Å². The first-order chi connectivity index (χ1) is 9.60. The van der Waals surface area contributed by atoms with Gasteiger partial charge >= 0.3 is 0 Å². The number of hydrogen-bond acceptors (Lipinski definition) is 2. The average Bonchev–Trinajstić information content (AvgIpc) is 2.45. The van der Waals surface area contributed by atoms with Crippen LogP contribution in [0.15, 0.2) is 24.3 Å². The highest BCUT2D eigenvalue weighted by molar-refractivity contribution is 6.30. The fourth-order valence-electron chi connectivity index (χ4n) is 2.54. The normalized spacial score (nSPS) is 17.6. The molecule has 1 heterocycles. The van der Waals surface area contributed by atoms with Crippen LogP contribution in [0.1, 0.15) is 25.3 Å². The van der Waals surface area contributed by atoms with Crippen LogP contribution in [-0.4, -0.2) is 23.9 Å². The van der Waals surface area contributed by atoms with Crippen LogP contribution >= 0.6 is 11.6 Å². The zero-order chi connectivity index (χ0) is 14.5. The Labute approximate surface area is 125 Å². The molecule has 2 rings (SSSR count). The van der Waals surface area contributed by atoms with Gasteiger partial charge in [-0.3, -0.25) is 4.79 Å². The molecule has 106 valence electrons. The van der Waals surface area contributed by atoms with Crippen molar-refractivity contribution in [2.24, 2.45) is 11.8 Å². The third-order valence-electron chi connectivity index (χ3n) is 3.88. The Morgan fingerprint density at radius 3 is 2.80 bits per heavy atom. The molecule has 1 aromatic rings. The quantitative estimate of drug-likeness (QED) is 0.857. The molecule has 20 heavy (non-hydrogen) atoms. The van der Waals surface area contributed by atoms with Gasteiger partial charge in [-0.1, -0.05) is 30.7 Å². The molecule has 0 aliphatic carbocycles. The molecular weight excluding hydrogens is 272 g/mol. The molecule has 0 radical (unpaired) electrons. The molecule has 1 aromatic carbocycles. The van der Waals surface area contributed by atoms with Crippen molar-refractivity contribution >= 4 is 17.5 Å². The van der Waals surface area contributed by atoms with Crippen LogP contribution in [0.4, 0.5) is 0 Å². The first-order valence-corrected chi connectivity index (χ1v) is 7.41. The van der Waals surface area contributed by atoms with E-state index in [-0.39, 0.29) is 5.91 Å². The maximum absolute atomic E-state index is 12.4. The van der Waals surface area contributed by atoms with Crippen LogP contribution in [0, 0.1) is 23.2 Å². The number of carbonyl (C=O) groups is 1. The Hall–Kier alpha value is -1.53. The SMILES string of the molecule is CC1CCN(C(=O)C(C#N)Cc2cccc(Cl)c2)CC1. The highest BCUT2D eigenvalue weighted by Crippen LogP contribution is 2.20. The van der Waals surface area contributed by atoms with Crippen LogP contribution in [0.3, 0.4) is 0 Å². The van der Waals surface area contributed by atoms with Crippen molar-refractivity contribution in [2.45, 2.75) is 26.2 Å². The van der Waals surface area contributed by atoms with E-state index in [0.29, 0.717) is 17.4 Å². The van der Waals surface area contributed by atoms with Crippen LogP contribution in [-0.2, 0) is 11.2 Å². The van der Waals surface area contributed by atoms with Gasteiger partial charge in [0, 0.05) is 18.1 Å². The Bertz CT molecular complexity index is 515. The Balaban J connectivity index is 2.01. The Morgan fingerprint density at radius 2 is 2.20 bits per heavy atom. The summed E-state index contributed by atoms with van der Waals surface area (Å²) < 4.78 is 0. The lowest BCUT2D eigenvalue weighted by molar-refractivity contribution is -0.135. The van der Waals surface area contributed by atoms with Gasteiger partial charge in [-0.2, -0.15) is 5.26 Å². The molecule has 1 saturated heterocycles. The van der Waals surface area contributed by atoms with Crippen molar-refractivity contribution in [1.29, 1.82) is 5.26 Å².